The summed E-state index contributed by atoms with van der Waals surface area (Å²) in [7, 11) is 0. The number of hydrogen-bond acceptors (Lipinski definition) is 2. The van der Waals surface area contributed by atoms with Crippen molar-refractivity contribution in [2.45, 2.75) is 25.1 Å². The Hall–Kier alpha value is -1.76. The van der Waals surface area contributed by atoms with Crippen LogP contribution in [0.15, 0.2) is 24.3 Å². The summed E-state index contributed by atoms with van der Waals surface area (Å²) >= 11 is 0. The largest absolute Gasteiger partial charge is 0.416 e. The van der Waals surface area contributed by atoms with Crippen molar-refractivity contribution in [1.29, 1.82) is 0 Å². The van der Waals surface area contributed by atoms with Crippen LogP contribution in [0, 0.1) is 0 Å². The van der Waals surface area contributed by atoms with Crippen LogP contribution in [0.3, 0.4) is 0 Å². The normalized spacial score (nSPS) is 15.0. The summed E-state index contributed by atoms with van der Waals surface area (Å²) in [5.41, 5.74) is -0.462. The lowest BCUT2D eigenvalue weighted by Gasteiger charge is -2.21. The highest BCUT2D eigenvalue weighted by atomic mass is 19.4. The zero-order valence-corrected chi connectivity index (χ0v) is 10.7. The van der Waals surface area contributed by atoms with Crippen LogP contribution in [-0.2, 0) is 6.18 Å². The van der Waals surface area contributed by atoms with Crippen LogP contribution in [-0.4, -0.2) is 35.2 Å². The Morgan fingerprint density at radius 1 is 1.30 bits per heavy atom. The summed E-state index contributed by atoms with van der Waals surface area (Å²) in [6, 6.07) is 3.99. The van der Waals surface area contributed by atoms with Gasteiger partial charge in [-0.1, -0.05) is 0 Å². The minimum absolute atomic E-state index is 0.122. The highest BCUT2D eigenvalue weighted by Crippen LogP contribution is 2.30. The van der Waals surface area contributed by atoms with Gasteiger partial charge in [-0.3, -0.25) is 0 Å². The maximum Gasteiger partial charge on any atom is 0.416 e. The number of aliphatic hydroxyl groups is 1. The second-order valence-electron chi connectivity index (χ2n) is 4.65. The van der Waals surface area contributed by atoms with E-state index < -0.39 is 17.8 Å². The lowest BCUT2D eigenvalue weighted by Crippen LogP contribution is -2.38. The number of hydrogen-bond donors (Lipinski definition) is 2. The van der Waals surface area contributed by atoms with Crippen molar-refractivity contribution in [2.75, 3.05) is 18.5 Å². The van der Waals surface area contributed by atoms with Gasteiger partial charge < -0.3 is 15.3 Å². The Bertz CT molecular complexity index is 469. The number of anilines is 1. The number of alkyl halides is 3. The van der Waals surface area contributed by atoms with E-state index in [0.717, 1.165) is 25.0 Å². The predicted molar refractivity (Wildman–Crippen MR) is 67.3 cm³/mol. The zero-order chi connectivity index (χ0) is 14.8. The molecule has 0 atom stereocenters. The fraction of sp³-hybridized carbons (Fsp3) is 0.462. The topological polar surface area (TPSA) is 52.6 Å². The molecule has 1 aliphatic rings. The quantitative estimate of drug-likeness (QED) is 0.895. The van der Waals surface area contributed by atoms with E-state index in [1.54, 1.807) is 0 Å². The molecule has 2 N–H and O–H groups in total. The van der Waals surface area contributed by atoms with Crippen LogP contribution in [0.25, 0.3) is 0 Å². The summed E-state index contributed by atoms with van der Waals surface area (Å²) in [5, 5.41) is 11.4. The van der Waals surface area contributed by atoms with Gasteiger partial charge in [0.25, 0.3) is 0 Å². The molecule has 20 heavy (non-hydrogen) atoms. The Labute approximate surface area is 114 Å². The second kappa shape index (κ2) is 5.70. The number of halogens is 3. The molecule has 1 fully saturated rings. The minimum Gasteiger partial charge on any atom is -0.395 e. The van der Waals surface area contributed by atoms with E-state index in [9.17, 15) is 18.0 Å². The SMILES string of the molecule is O=C(Nc1ccc(C(F)(F)F)cc1)N(CCO)C1CC1. The number of benzene rings is 1. The van der Waals surface area contributed by atoms with Crippen molar-refractivity contribution in [3.05, 3.63) is 29.8 Å². The van der Waals surface area contributed by atoms with Crippen LogP contribution in [0.2, 0.25) is 0 Å². The third kappa shape index (κ3) is 3.63. The lowest BCUT2D eigenvalue weighted by atomic mass is 10.2. The minimum atomic E-state index is -4.39. The molecule has 1 aromatic carbocycles. The van der Waals surface area contributed by atoms with E-state index in [4.69, 9.17) is 5.11 Å². The van der Waals surface area contributed by atoms with Crippen LogP contribution in [0.4, 0.5) is 23.7 Å². The monoisotopic (exact) mass is 288 g/mol. The first-order valence-corrected chi connectivity index (χ1v) is 6.27. The molecule has 7 heteroatoms. The average Bonchev–Trinajstić information content (AvgIpc) is 3.19. The van der Waals surface area contributed by atoms with Crippen molar-refractivity contribution in [2.24, 2.45) is 0 Å². The van der Waals surface area contributed by atoms with E-state index in [-0.39, 0.29) is 19.2 Å². The number of urea groups is 1. The van der Waals surface area contributed by atoms with E-state index in [1.165, 1.54) is 17.0 Å². The predicted octanol–water partition coefficient (Wildman–Crippen LogP) is 2.69. The molecule has 0 heterocycles. The number of rotatable bonds is 4. The van der Waals surface area contributed by atoms with Crippen LogP contribution in [0.1, 0.15) is 18.4 Å². The van der Waals surface area contributed by atoms with Gasteiger partial charge in [0.2, 0.25) is 0 Å². The maximum atomic E-state index is 12.4. The van der Waals surface area contributed by atoms with E-state index in [0.29, 0.717) is 5.69 Å². The highest BCUT2D eigenvalue weighted by Gasteiger charge is 2.32. The van der Waals surface area contributed by atoms with Crippen molar-refractivity contribution >= 4 is 11.7 Å². The number of nitrogens with zero attached hydrogens (tertiary/aromatic N) is 1. The second-order valence-corrected chi connectivity index (χ2v) is 4.65. The van der Waals surface area contributed by atoms with Crippen molar-refractivity contribution in [3.8, 4) is 0 Å². The highest BCUT2D eigenvalue weighted by molar-refractivity contribution is 5.89. The molecule has 0 bridgehead atoms. The first-order valence-electron chi connectivity index (χ1n) is 6.27. The number of carbonyl (C=O) groups is 1. The third-order valence-electron chi connectivity index (χ3n) is 3.05. The number of carbonyl (C=O) groups excluding carboxylic acids is 1. The number of nitrogens with one attached hydrogen (secondary N) is 1. The Kier molecular flexibility index (Phi) is 4.17. The fourth-order valence-corrected chi connectivity index (χ4v) is 1.88. The molecular weight excluding hydrogens is 273 g/mol. The molecule has 0 aromatic heterocycles. The van der Waals surface area contributed by atoms with Gasteiger partial charge in [-0.05, 0) is 37.1 Å². The van der Waals surface area contributed by atoms with Crippen LogP contribution in [0.5, 0.6) is 0 Å². The number of amides is 2. The molecule has 0 radical (unpaired) electrons. The summed E-state index contributed by atoms with van der Waals surface area (Å²) in [6.45, 7) is 0.0774. The van der Waals surface area contributed by atoms with Gasteiger partial charge in [-0.2, -0.15) is 13.2 Å². The van der Waals surface area contributed by atoms with Gasteiger partial charge in [0.05, 0.1) is 12.2 Å². The first kappa shape index (κ1) is 14.6. The van der Waals surface area contributed by atoms with Crippen LogP contribution < -0.4 is 5.32 Å². The molecule has 1 aliphatic carbocycles. The summed E-state index contributed by atoms with van der Waals surface area (Å²) < 4.78 is 37.2. The van der Waals surface area contributed by atoms with Gasteiger partial charge >= 0.3 is 12.2 Å². The molecular formula is C13H15F3N2O2. The van der Waals surface area contributed by atoms with E-state index in [1.807, 2.05) is 0 Å². The molecule has 2 rings (SSSR count). The summed E-state index contributed by atoms with van der Waals surface area (Å²) in [4.78, 5) is 13.4. The van der Waals surface area contributed by atoms with Crippen molar-refractivity contribution in [3.63, 3.8) is 0 Å². The van der Waals surface area contributed by atoms with Crippen molar-refractivity contribution < 1.29 is 23.1 Å². The molecule has 1 aromatic rings. The lowest BCUT2D eigenvalue weighted by molar-refractivity contribution is -0.137. The summed E-state index contributed by atoms with van der Waals surface area (Å²) in [6.07, 6.45) is -2.61. The molecule has 0 spiro atoms. The van der Waals surface area contributed by atoms with Gasteiger partial charge in [0, 0.05) is 18.3 Å². The van der Waals surface area contributed by atoms with E-state index >= 15 is 0 Å². The Balaban J connectivity index is 2.00. The molecule has 0 saturated heterocycles. The van der Waals surface area contributed by atoms with Gasteiger partial charge in [0.1, 0.15) is 0 Å². The standard InChI is InChI=1S/C13H15F3N2O2/c14-13(15,16)9-1-3-10(4-2-9)17-12(20)18(7-8-19)11-5-6-11/h1-4,11,19H,5-8H2,(H,17,20). The first-order chi connectivity index (χ1) is 9.41. The maximum absolute atomic E-state index is 12.4. The Morgan fingerprint density at radius 3 is 2.35 bits per heavy atom. The average molecular weight is 288 g/mol. The van der Waals surface area contributed by atoms with Crippen molar-refractivity contribution in [1.82, 2.24) is 4.90 Å². The van der Waals surface area contributed by atoms with Crippen LogP contribution >= 0.6 is 0 Å². The third-order valence-corrected chi connectivity index (χ3v) is 3.05. The Morgan fingerprint density at radius 2 is 1.90 bits per heavy atom. The molecule has 0 unspecified atom stereocenters. The van der Waals surface area contributed by atoms with Gasteiger partial charge in [-0.25, -0.2) is 4.79 Å². The number of aliphatic hydroxyl groups excluding tert-OH is 1. The molecule has 1 saturated carbocycles. The molecule has 110 valence electrons. The zero-order valence-electron chi connectivity index (χ0n) is 10.7. The fourth-order valence-electron chi connectivity index (χ4n) is 1.88. The molecule has 4 nitrogen and oxygen atoms in total. The van der Waals surface area contributed by atoms with E-state index in [2.05, 4.69) is 5.32 Å². The molecule has 2 amide bonds. The van der Waals surface area contributed by atoms with Gasteiger partial charge in [-0.15, -0.1) is 0 Å². The molecule has 0 aliphatic heterocycles. The summed E-state index contributed by atoms with van der Waals surface area (Å²) in [5.74, 6) is 0. The van der Waals surface area contributed by atoms with Gasteiger partial charge in [0.15, 0.2) is 0 Å². The smallest absolute Gasteiger partial charge is 0.395 e.